The fraction of sp³-hybridized carbons (Fsp3) is 0.278. The molecule has 1 N–H and O–H groups in total. The topological polar surface area (TPSA) is 63.2 Å². The fourth-order valence-electron chi connectivity index (χ4n) is 2.77. The van der Waals surface area contributed by atoms with Gasteiger partial charge in [-0.15, -0.1) is 0 Å². The molecule has 0 saturated carbocycles. The van der Waals surface area contributed by atoms with Crippen molar-refractivity contribution in [3.8, 4) is 0 Å². The van der Waals surface area contributed by atoms with Gasteiger partial charge in [0.05, 0.1) is 30.4 Å². The summed E-state index contributed by atoms with van der Waals surface area (Å²) in [5, 5.41) is 3.34. The third-order valence-corrected chi connectivity index (χ3v) is 4.07. The third kappa shape index (κ3) is 3.28. The third-order valence-electron chi connectivity index (χ3n) is 4.07. The van der Waals surface area contributed by atoms with Crippen molar-refractivity contribution in [1.82, 2.24) is 15.0 Å². The van der Waals surface area contributed by atoms with Crippen molar-refractivity contribution in [2.75, 3.05) is 36.5 Å². The molecule has 0 atom stereocenters. The van der Waals surface area contributed by atoms with Gasteiger partial charge in [-0.05, 0) is 29.8 Å². The van der Waals surface area contributed by atoms with Crippen molar-refractivity contribution < 1.29 is 4.74 Å². The molecule has 0 bridgehead atoms. The van der Waals surface area contributed by atoms with Crippen molar-refractivity contribution >= 4 is 22.7 Å². The first-order valence-electron chi connectivity index (χ1n) is 8.12. The zero-order valence-electron chi connectivity index (χ0n) is 13.4. The van der Waals surface area contributed by atoms with E-state index < -0.39 is 0 Å². The van der Waals surface area contributed by atoms with E-state index in [4.69, 9.17) is 4.74 Å². The van der Waals surface area contributed by atoms with Crippen LogP contribution >= 0.6 is 0 Å². The number of hydrogen-bond acceptors (Lipinski definition) is 6. The molecule has 0 aliphatic carbocycles. The van der Waals surface area contributed by atoms with Gasteiger partial charge in [-0.25, -0.2) is 9.97 Å². The molecule has 1 aromatic carbocycles. The summed E-state index contributed by atoms with van der Waals surface area (Å²) in [4.78, 5) is 15.7. The lowest BCUT2D eigenvalue weighted by Crippen LogP contribution is -2.36. The van der Waals surface area contributed by atoms with Crippen molar-refractivity contribution in [1.29, 1.82) is 0 Å². The lowest BCUT2D eigenvalue weighted by molar-refractivity contribution is 0.122. The number of nitrogens with one attached hydrogen (secondary N) is 1. The average Bonchev–Trinajstić information content (AvgIpc) is 2.67. The highest BCUT2D eigenvalue weighted by Gasteiger charge is 2.12. The first-order chi connectivity index (χ1) is 11.9. The fourth-order valence-corrected chi connectivity index (χ4v) is 2.77. The number of para-hydroxylation sites is 2. The molecule has 1 saturated heterocycles. The van der Waals surface area contributed by atoms with E-state index in [9.17, 15) is 0 Å². The van der Waals surface area contributed by atoms with E-state index in [-0.39, 0.29) is 0 Å². The molecule has 2 aromatic heterocycles. The molecule has 0 radical (unpaired) electrons. The number of fused-ring (bicyclic) bond motifs is 1. The van der Waals surface area contributed by atoms with E-state index >= 15 is 0 Å². The molecule has 0 amide bonds. The summed E-state index contributed by atoms with van der Waals surface area (Å²) >= 11 is 0. The summed E-state index contributed by atoms with van der Waals surface area (Å²) in [6.07, 6.45) is 3.63. The Labute approximate surface area is 140 Å². The number of morpholine rings is 1. The minimum absolute atomic E-state index is 0.687. The molecule has 3 aromatic rings. The van der Waals surface area contributed by atoms with Gasteiger partial charge in [-0.2, -0.15) is 0 Å². The second-order valence-electron chi connectivity index (χ2n) is 5.72. The Morgan fingerprint density at radius 1 is 1.04 bits per heavy atom. The van der Waals surface area contributed by atoms with E-state index in [1.807, 2.05) is 36.5 Å². The molecule has 6 heteroatoms. The van der Waals surface area contributed by atoms with E-state index in [0.29, 0.717) is 6.54 Å². The summed E-state index contributed by atoms with van der Waals surface area (Å²) in [6.45, 7) is 3.99. The number of aromatic nitrogens is 3. The Hall–Kier alpha value is -2.73. The van der Waals surface area contributed by atoms with Crippen LogP contribution in [-0.2, 0) is 11.3 Å². The minimum atomic E-state index is 0.687. The largest absolute Gasteiger partial charge is 0.378 e. The maximum atomic E-state index is 5.39. The average molecular weight is 321 g/mol. The zero-order chi connectivity index (χ0) is 16.2. The number of ether oxygens (including phenoxy) is 1. The van der Waals surface area contributed by atoms with Crippen LogP contribution in [-0.4, -0.2) is 41.3 Å². The van der Waals surface area contributed by atoms with E-state index in [2.05, 4.69) is 31.2 Å². The van der Waals surface area contributed by atoms with Gasteiger partial charge in [0.1, 0.15) is 11.6 Å². The van der Waals surface area contributed by atoms with Crippen molar-refractivity contribution in [2.45, 2.75) is 6.54 Å². The number of nitrogens with zero attached hydrogens (tertiary/aromatic N) is 4. The molecule has 0 spiro atoms. The molecule has 122 valence electrons. The van der Waals surface area contributed by atoms with Crippen LogP contribution in [0, 0.1) is 0 Å². The van der Waals surface area contributed by atoms with Gasteiger partial charge in [0, 0.05) is 25.8 Å². The number of hydrogen-bond donors (Lipinski definition) is 1. The first-order valence-corrected chi connectivity index (χ1v) is 8.12. The monoisotopic (exact) mass is 321 g/mol. The summed E-state index contributed by atoms with van der Waals surface area (Å²) in [5.41, 5.74) is 2.97. The predicted molar refractivity (Wildman–Crippen MR) is 94.1 cm³/mol. The quantitative estimate of drug-likeness (QED) is 0.796. The maximum Gasteiger partial charge on any atom is 0.145 e. The van der Waals surface area contributed by atoms with Gasteiger partial charge >= 0.3 is 0 Å². The number of rotatable bonds is 4. The molecule has 3 heterocycles. The van der Waals surface area contributed by atoms with Crippen LogP contribution in [0.25, 0.3) is 11.0 Å². The highest BCUT2D eigenvalue weighted by molar-refractivity contribution is 5.75. The molecular formula is C18H19N5O. The predicted octanol–water partition coefficient (Wildman–Crippen LogP) is 2.47. The Bertz CT molecular complexity index is 832. The van der Waals surface area contributed by atoms with Crippen molar-refractivity contribution in [2.24, 2.45) is 0 Å². The second kappa shape index (κ2) is 6.80. The molecule has 1 aliphatic heterocycles. The lowest BCUT2D eigenvalue weighted by Gasteiger charge is -2.28. The van der Waals surface area contributed by atoms with Crippen LogP contribution < -0.4 is 10.2 Å². The number of pyridine rings is 1. The van der Waals surface area contributed by atoms with Crippen LogP contribution in [0.2, 0.25) is 0 Å². The van der Waals surface area contributed by atoms with Gasteiger partial charge in [-0.1, -0.05) is 12.1 Å². The maximum absolute atomic E-state index is 5.39. The Kier molecular flexibility index (Phi) is 4.20. The van der Waals surface area contributed by atoms with Crippen LogP contribution in [0.3, 0.4) is 0 Å². The number of anilines is 2. The second-order valence-corrected chi connectivity index (χ2v) is 5.72. The molecule has 1 aliphatic rings. The van der Waals surface area contributed by atoms with Gasteiger partial charge < -0.3 is 15.0 Å². The Balaban J connectivity index is 1.46. The van der Waals surface area contributed by atoms with E-state index in [0.717, 1.165) is 49.0 Å². The van der Waals surface area contributed by atoms with Crippen LogP contribution in [0.1, 0.15) is 5.56 Å². The molecule has 24 heavy (non-hydrogen) atoms. The minimum Gasteiger partial charge on any atom is -0.378 e. The molecular weight excluding hydrogens is 302 g/mol. The molecule has 6 nitrogen and oxygen atoms in total. The first kappa shape index (κ1) is 14.8. The van der Waals surface area contributed by atoms with E-state index in [1.165, 1.54) is 5.56 Å². The number of benzene rings is 1. The van der Waals surface area contributed by atoms with Crippen LogP contribution in [0.5, 0.6) is 0 Å². The molecule has 0 unspecified atom stereocenters. The summed E-state index contributed by atoms with van der Waals surface area (Å²) in [6, 6.07) is 12.0. The normalized spacial score (nSPS) is 14.8. The summed E-state index contributed by atoms with van der Waals surface area (Å²) < 4.78 is 5.39. The summed E-state index contributed by atoms with van der Waals surface area (Å²) in [7, 11) is 0. The molecule has 1 fully saturated rings. The summed E-state index contributed by atoms with van der Waals surface area (Å²) in [5.74, 6) is 1.78. The van der Waals surface area contributed by atoms with Crippen molar-refractivity contribution in [3.63, 3.8) is 0 Å². The SMILES string of the molecule is c1ccc2nc(NCc3ccnc(N4CCOCC4)c3)cnc2c1. The van der Waals surface area contributed by atoms with E-state index in [1.54, 1.807) is 6.20 Å². The van der Waals surface area contributed by atoms with Gasteiger partial charge in [0.15, 0.2) is 0 Å². The smallest absolute Gasteiger partial charge is 0.145 e. The van der Waals surface area contributed by atoms with Gasteiger partial charge in [0.25, 0.3) is 0 Å². The van der Waals surface area contributed by atoms with Crippen molar-refractivity contribution in [3.05, 3.63) is 54.4 Å². The van der Waals surface area contributed by atoms with Crippen LogP contribution in [0.4, 0.5) is 11.6 Å². The Morgan fingerprint density at radius 2 is 1.88 bits per heavy atom. The van der Waals surface area contributed by atoms with Gasteiger partial charge in [0.2, 0.25) is 0 Å². The van der Waals surface area contributed by atoms with Gasteiger partial charge in [-0.3, -0.25) is 4.98 Å². The highest BCUT2D eigenvalue weighted by Crippen LogP contribution is 2.16. The van der Waals surface area contributed by atoms with Crippen LogP contribution in [0.15, 0.2) is 48.8 Å². The Morgan fingerprint density at radius 3 is 2.75 bits per heavy atom. The lowest BCUT2D eigenvalue weighted by atomic mass is 10.2. The highest BCUT2D eigenvalue weighted by atomic mass is 16.5. The standard InChI is InChI=1S/C18H19N5O/c1-2-4-16-15(3-1)20-13-17(22-16)21-12-14-5-6-19-18(11-14)23-7-9-24-10-8-23/h1-6,11,13H,7-10,12H2,(H,21,22). The molecule has 4 rings (SSSR count). The zero-order valence-corrected chi connectivity index (χ0v) is 13.4.